The van der Waals surface area contributed by atoms with Crippen LogP contribution in [0.2, 0.25) is 0 Å². The predicted molar refractivity (Wildman–Crippen MR) is 118 cm³/mol. The van der Waals surface area contributed by atoms with Gasteiger partial charge < -0.3 is 9.67 Å². The molecular formula is C24H21N5O4. The molecule has 33 heavy (non-hydrogen) atoms. The van der Waals surface area contributed by atoms with Crippen LogP contribution in [0.25, 0.3) is 27.7 Å². The van der Waals surface area contributed by atoms with Crippen molar-refractivity contribution in [2.45, 2.75) is 20.4 Å². The van der Waals surface area contributed by atoms with Crippen LogP contribution in [0.1, 0.15) is 29.8 Å². The number of likely N-dealkylation sites (tertiary alicyclic amines) is 1. The Morgan fingerprint density at radius 2 is 1.88 bits per heavy atom. The van der Waals surface area contributed by atoms with Crippen LogP contribution < -0.4 is 0 Å². The number of nitrogens with zero attached hydrogens (tertiary/aromatic N) is 5. The normalized spacial score (nSPS) is 21.2. The minimum atomic E-state index is -1.02. The van der Waals surface area contributed by atoms with E-state index in [9.17, 15) is 19.5 Å². The Morgan fingerprint density at radius 1 is 1.15 bits per heavy atom. The maximum atomic E-state index is 12.7. The summed E-state index contributed by atoms with van der Waals surface area (Å²) in [5, 5.41) is 14.7. The van der Waals surface area contributed by atoms with Crippen LogP contribution in [-0.2, 0) is 23.2 Å². The number of hydrogen-bond donors (Lipinski definition) is 1. The molecule has 1 aromatic carbocycles. The molecule has 1 aliphatic carbocycles. The van der Waals surface area contributed by atoms with Gasteiger partial charge in [-0.2, -0.15) is 5.10 Å². The van der Waals surface area contributed by atoms with Gasteiger partial charge in [0.25, 0.3) is 0 Å². The van der Waals surface area contributed by atoms with Crippen molar-refractivity contribution in [2.24, 2.45) is 24.3 Å². The van der Waals surface area contributed by atoms with Crippen LogP contribution in [0.15, 0.2) is 43.0 Å². The van der Waals surface area contributed by atoms with E-state index in [0.717, 1.165) is 16.5 Å². The van der Waals surface area contributed by atoms with Crippen LogP contribution in [0, 0.1) is 17.3 Å². The highest BCUT2D eigenvalue weighted by Crippen LogP contribution is 2.63. The highest BCUT2D eigenvalue weighted by atomic mass is 16.4. The summed E-state index contributed by atoms with van der Waals surface area (Å²) in [5.74, 6) is -1.69. The Hall–Kier alpha value is -4.01. The first kappa shape index (κ1) is 19.7. The summed E-state index contributed by atoms with van der Waals surface area (Å²) < 4.78 is 3.57. The number of amides is 2. The standard InChI is InChI=1S/C24H21N5O4/c1-24(2)17-18(24)22(31)28(21(17)30)9-12-6-16-19(25-11-26-29(16)10-12)15-8-14(23(32)33)7-13-4-5-27(3)20(13)15/h4-8,10-11,17-18H,9H2,1-3H3,(H,32,33). The molecule has 3 aromatic heterocycles. The molecule has 1 aliphatic heterocycles. The van der Waals surface area contributed by atoms with Crippen LogP contribution in [0.4, 0.5) is 0 Å². The second-order valence-corrected chi connectivity index (χ2v) is 9.52. The van der Waals surface area contributed by atoms with Gasteiger partial charge in [0.2, 0.25) is 11.8 Å². The fourth-order valence-corrected chi connectivity index (χ4v) is 5.37. The Balaban J connectivity index is 1.44. The highest BCUT2D eigenvalue weighted by molar-refractivity contribution is 6.10. The molecular weight excluding hydrogens is 422 g/mol. The second-order valence-electron chi connectivity index (χ2n) is 9.52. The lowest BCUT2D eigenvalue weighted by molar-refractivity contribution is -0.143. The second kappa shape index (κ2) is 6.28. The number of benzene rings is 1. The summed E-state index contributed by atoms with van der Waals surface area (Å²) in [6, 6.07) is 6.97. The van der Waals surface area contributed by atoms with E-state index in [1.54, 1.807) is 22.8 Å². The fraction of sp³-hybridized carbons (Fsp3) is 0.292. The summed E-state index contributed by atoms with van der Waals surface area (Å²) >= 11 is 0. The molecule has 1 N–H and O–H groups in total. The van der Waals surface area contributed by atoms with E-state index in [4.69, 9.17) is 0 Å². The maximum absolute atomic E-state index is 12.7. The summed E-state index contributed by atoms with van der Waals surface area (Å²) in [6.07, 6.45) is 5.07. The number of hydrogen-bond acceptors (Lipinski definition) is 5. The van der Waals surface area contributed by atoms with Gasteiger partial charge in [-0.1, -0.05) is 13.8 Å². The van der Waals surface area contributed by atoms with Gasteiger partial charge in [-0.25, -0.2) is 14.3 Å². The number of carbonyl (C=O) groups is 3. The average molecular weight is 443 g/mol. The molecule has 9 nitrogen and oxygen atoms in total. The Labute approximate surface area is 188 Å². The van der Waals surface area contributed by atoms with Gasteiger partial charge in [-0.3, -0.25) is 14.5 Å². The number of carboxylic acids is 1. The van der Waals surface area contributed by atoms with E-state index < -0.39 is 5.97 Å². The summed E-state index contributed by atoms with van der Waals surface area (Å²) in [6.45, 7) is 4.09. The zero-order chi connectivity index (χ0) is 23.2. The number of carbonyl (C=O) groups excluding carboxylic acids is 2. The molecule has 2 fully saturated rings. The predicted octanol–water partition coefficient (Wildman–Crippen LogP) is 2.73. The lowest BCUT2D eigenvalue weighted by Crippen LogP contribution is -2.35. The van der Waals surface area contributed by atoms with Crippen molar-refractivity contribution in [3.8, 4) is 11.3 Å². The van der Waals surface area contributed by atoms with Gasteiger partial charge in [0.1, 0.15) is 6.33 Å². The van der Waals surface area contributed by atoms with Crippen LogP contribution >= 0.6 is 0 Å². The molecule has 2 aliphatic rings. The number of aromatic nitrogens is 4. The maximum Gasteiger partial charge on any atom is 0.335 e. The first-order valence-corrected chi connectivity index (χ1v) is 10.7. The summed E-state index contributed by atoms with van der Waals surface area (Å²) in [5.41, 5.74) is 3.46. The number of imide groups is 1. The van der Waals surface area contributed by atoms with Crippen LogP contribution in [-0.4, -0.2) is 47.0 Å². The lowest BCUT2D eigenvalue weighted by Gasteiger charge is -2.19. The van der Waals surface area contributed by atoms with E-state index in [1.165, 1.54) is 11.2 Å². The van der Waals surface area contributed by atoms with Crippen LogP contribution in [0.3, 0.4) is 0 Å². The largest absolute Gasteiger partial charge is 0.478 e. The molecule has 1 saturated heterocycles. The van der Waals surface area contributed by atoms with Crippen molar-refractivity contribution in [3.63, 3.8) is 0 Å². The monoisotopic (exact) mass is 443 g/mol. The van der Waals surface area contributed by atoms with E-state index >= 15 is 0 Å². The van der Waals surface area contributed by atoms with Crippen molar-refractivity contribution in [1.29, 1.82) is 0 Å². The number of rotatable bonds is 4. The minimum Gasteiger partial charge on any atom is -0.478 e. The third kappa shape index (κ3) is 2.62. The van der Waals surface area contributed by atoms with E-state index in [1.807, 2.05) is 43.8 Å². The fourth-order valence-electron chi connectivity index (χ4n) is 5.37. The van der Waals surface area contributed by atoms with Gasteiger partial charge in [0.05, 0.1) is 40.7 Å². The lowest BCUT2D eigenvalue weighted by atomic mass is 10.0. The Kier molecular flexibility index (Phi) is 3.74. The third-order valence-corrected chi connectivity index (χ3v) is 7.17. The Bertz CT molecular complexity index is 1500. The molecule has 0 radical (unpaired) electrons. The van der Waals surface area contributed by atoms with Crippen molar-refractivity contribution in [2.75, 3.05) is 0 Å². The molecule has 4 aromatic rings. The molecule has 9 heteroatoms. The summed E-state index contributed by atoms with van der Waals surface area (Å²) in [7, 11) is 1.89. The van der Waals surface area contributed by atoms with Crippen molar-refractivity contribution < 1.29 is 19.5 Å². The molecule has 6 rings (SSSR count). The van der Waals surface area contributed by atoms with Gasteiger partial charge in [0.15, 0.2) is 0 Å². The molecule has 4 heterocycles. The van der Waals surface area contributed by atoms with Gasteiger partial charge >= 0.3 is 5.97 Å². The van der Waals surface area contributed by atoms with E-state index in [2.05, 4.69) is 10.1 Å². The minimum absolute atomic E-state index is 0.115. The quantitative estimate of drug-likeness (QED) is 0.486. The first-order valence-electron chi connectivity index (χ1n) is 10.7. The van der Waals surface area contributed by atoms with Crippen molar-refractivity contribution in [1.82, 2.24) is 24.1 Å². The SMILES string of the molecule is Cn1ccc2cc(C(=O)O)cc(-c3ncnn4cc(CN5C(=O)C6C(C5=O)C6(C)C)cc34)c21. The van der Waals surface area contributed by atoms with Gasteiger partial charge in [-0.05, 0) is 35.2 Å². The molecule has 166 valence electrons. The van der Waals surface area contributed by atoms with E-state index in [0.29, 0.717) is 16.8 Å². The summed E-state index contributed by atoms with van der Waals surface area (Å²) in [4.78, 5) is 43.0. The molecule has 2 amide bonds. The van der Waals surface area contributed by atoms with E-state index in [-0.39, 0.29) is 41.2 Å². The molecule has 0 bridgehead atoms. The topological polar surface area (TPSA) is 110 Å². The first-order chi connectivity index (χ1) is 15.7. The van der Waals surface area contributed by atoms with Crippen molar-refractivity contribution in [3.05, 3.63) is 54.1 Å². The van der Waals surface area contributed by atoms with Gasteiger partial charge in [0, 0.05) is 30.4 Å². The number of piperidine rings is 1. The number of aryl methyl sites for hydroxylation is 1. The Morgan fingerprint density at radius 3 is 2.58 bits per heavy atom. The highest BCUT2D eigenvalue weighted by Gasteiger charge is 2.72. The zero-order valence-electron chi connectivity index (χ0n) is 18.3. The molecule has 1 saturated carbocycles. The average Bonchev–Trinajstić information content (AvgIpc) is 3.12. The molecule has 2 atom stereocenters. The third-order valence-electron chi connectivity index (χ3n) is 7.17. The van der Waals surface area contributed by atoms with Crippen molar-refractivity contribution >= 4 is 34.2 Å². The molecule has 0 spiro atoms. The smallest absolute Gasteiger partial charge is 0.335 e. The number of aromatic carboxylic acids is 1. The molecule has 2 unspecified atom stereocenters. The van der Waals surface area contributed by atoms with Crippen LogP contribution in [0.5, 0.6) is 0 Å². The van der Waals surface area contributed by atoms with Gasteiger partial charge in [-0.15, -0.1) is 0 Å². The zero-order valence-corrected chi connectivity index (χ0v) is 18.3. The number of fused-ring (bicyclic) bond motifs is 3. The number of carboxylic acid groups (broad SMARTS) is 1.